The van der Waals surface area contributed by atoms with Crippen molar-refractivity contribution in [3.63, 3.8) is 0 Å². The molecule has 0 fully saturated rings. The Morgan fingerprint density at radius 1 is 1.14 bits per heavy atom. The van der Waals surface area contributed by atoms with Gasteiger partial charge < -0.3 is 14.5 Å². The fourth-order valence-electron chi connectivity index (χ4n) is 2.70. The van der Waals surface area contributed by atoms with E-state index in [1.54, 1.807) is 24.5 Å². The van der Waals surface area contributed by atoms with Crippen LogP contribution in [0.1, 0.15) is 9.67 Å². The molecule has 0 unspecified atom stereocenters. The number of anilines is 1. The smallest absolute Gasteiger partial charge is 0.268 e. The first-order chi connectivity index (χ1) is 13.7. The Balaban J connectivity index is 1.71. The van der Waals surface area contributed by atoms with Crippen molar-refractivity contribution in [1.29, 1.82) is 0 Å². The minimum absolute atomic E-state index is 0.112. The molecule has 0 aliphatic carbocycles. The fraction of sp³-hybridized carbons (Fsp3) is 0.0476. The van der Waals surface area contributed by atoms with Crippen molar-refractivity contribution in [2.75, 3.05) is 12.4 Å². The first-order valence-electron chi connectivity index (χ1n) is 8.40. The van der Waals surface area contributed by atoms with Crippen molar-refractivity contribution < 1.29 is 18.3 Å². The standard InChI is InChI=1S/C21H15FN2O3S/c1-26-16-10-9-14(12-15(16)22)23-20(25)19-18(13-6-3-2-4-7-13)24-21(28-19)17-8-5-11-27-17/h2-12H,1H3,(H,23,25). The Morgan fingerprint density at radius 3 is 2.64 bits per heavy atom. The van der Waals surface area contributed by atoms with E-state index in [2.05, 4.69) is 10.3 Å². The second-order valence-electron chi connectivity index (χ2n) is 5.84. The lowest BCUT2D eigenvalue weighted by atomic mass is 10.1. The van der Waals surface area contributed by atoms with Crippen LogP contribution in [0.4, 0.5) is 10.1 Å². The summed E-state index contributed by atoms with van der Waals surface area (Å²) in [5.41, 5.74) is 1.68. The number of carbonyl (C=O) groups is 1. The van der Waals surface area contributed by atoms with Crippen molar-refractivity contribution in [3.05, 3.63) is 77.6 Å². The number of hydrogen-bond donors (Lipinski definition) is 1. The van der Waals surface area contributed by atoms with E-state index in [1.165, 1.54) is 30.6 Å². The third kappa shape index (κ3) is 3.52. The van der Waals surface area contributed by atoms with Crippen molar-refractivity contribution >= 4 is 22.9 Å². The summed E-state index contributed by atoms with van der Waals surface area (Å²) in [7, 11) is 1.39. The number of carbonyl (C=O) groups excluding carboxylic acids is 1. The molecule has 0 saturated heterocycles. The number of furan rings is 1. The summed E-state index contributed by atoms with van der Waals surface area (Å²) in [5, 5.41) is 3.32. The van der Waals surface area contributed by atoms with Gasteiger partial charge in [-0.1, -0.05) is 30.3 Å². The van der Waals surface area contributed by atoms with E-state index in [-0.39, 0.29) is 11.7 Å². The molecule has 4 rings (SSSR count). The molecule has 0 aliphatic rings. The van der Waals surface area contributed by atoms with E-state index in [4.69, 9.17) is 9.15 Å². The van der Waals surface area contributed by atoms with Gasteiger partial charge in [-0.2, -0.15) is 0 Å². The number of amides is 1. The molecule has 0 spiro atoms. The van der Waals surface area contributed by atoms with Crippen LogP contribution in [0.2, 0.25) is 0 Å². The Kier molecular flexibility index (Phi) is 4.90. The van der Waals surface area contributed by atoms with Gasteiger partial charge in [0.2, 0.25) is 0 Å². The molecule has 1 N–H and O–H groups in total. The molecule has 140 valence electrons. The molecule has 7 heteroatoms. The maximum atomic E-state index is 13.9. The summed E-state index contributed by atoms with van der Waals surface area (Å²) >= 11 is 1.22. The van der Waals surface area contributed by atoms with Crippen LogP contribution in [-0.2, 0) is 0 Å². The van der Waals surface area contributed by atoms with E-state index < -0.39 is 5.82 Å². The predicted octanol–water partition coefficient (Wildman–Crippen LogP) is 5.47. The maximum Gasteiger partial charge on any atom is 0.268 e. The number of ether oxygens (including phenoxy) is 1. The number of thiazole rings is 1. The highest BCUT2D eigenvalue weighted by atomic mass is 32.1. The summed E-state index contributed by atoms with van der Waals surface area (Å²) in [6, 6.07) is 17.2. The molecule has 0 radical (unpaired) electrons. The van der Waals surface area contributed by atoms with Gasteiger partial charge >= 0.3 is 0 Å². The zero-order chi connectivity index (χ0) is 19.5. The zero-order valence-electron chi connectivity index (χ0n) is 14.8. The molecule has 0 bridgehead atoms. The minimum atomic E-state index is -0.552. The monoisotopic (exact) mass is 394 g/mol. The van der Waals surface area contributed by atoms with Crippen LogP contribution < -0.4 is 10.1 Å². The summed E-state index contributed by atoms with van der Waals surface area (Å²) in [6.45, 7) is 0. The minimum Gasteiger partial charge on any atom is -0.494 e. The summed E-state index contributed by atoms with van der Waals surface area (Å²) in [5.74, 6) is -0.236. The van der Waals surface area contributed by atoms with Crippen LogP contribution in [0, 0.1) is 5.82 Å². The highest BCUT2D eigenvalue weighted by Crippen LogP contribution is 2.34. The molecular weight excluding hydrogens is 379 g/mol. The van der Waals surface area contributed by atoms with Gasteiger partial charge in [0.15, 0.2) is 22.3 Å². The lowest BCUT2D eigenvalue weighted by Crippen LogP contribution is -2.11. The number of rotatable bonds is 5. The quantitative estimate of drug-likeness (QED) is 0.487. The molecule has 5 nitrogen and oxygen atoms in total. The van der Waals surface area contributed by atoms with Gasteiger partial charge in [-0.05, 0) is 24.3 Å². The molecule has 2 aromatic heterocycles. The van der Waals surface area contributed by atoms with E-state index >= 15 is 0 Å². The van der Waals surface area contributed by atoms with Gasteiger partial charge in [-0.25, -0.2) is 9.37 Å². The summed E-state index contributed by atoms with van der Waals surface area (Å²) in [4.78, 5) is 17.9. The maximum absolute atomic E-state index is 13.9. The van der Waals surface area contributed by atoms with Crippen LogP contribution in [-0.4, -0.2) is 18.0 Å². The average molecular weight is 394 g/mol. The number of methoxy groups -OCH3 is 1. The molecule has 2 aromatic carbocycles. The molecule has 2 heterocycles. The predicted molar refractivity (Wildman–Crippen MR) is 106 cm³/mol. The number of benzene rings is 2. The molecule has 0 atom stereocenters. The molecule has 0 saturated carbocycles. The van der Waals surface area contributed by atoms with Crippen molar-refractivity contribution in [2.24, 2.45) is 0 Å². The molecule has 1 amide bonds. The van der Waals surface area contributed by atoms with Gasteiger partial charge in [-0.15, -0.1) is 11.3 Å². The number of nitrogens with one attached hydrogen (secondary N) is 1. The fourth-order valence-corrected chi connectivity index (χ4v) is 3.65. The number of nitrogens with zero attached hydrogens (tertiary/aromatic N) is 1. The van der Waals surface area contributed by atoms with Gasteiger partial charge in [-0.3, -0.25) is 4.79 Å². The normalized spacial score (nSPS) is 10.6. The number of aromatic nitrogens is 1. The SMILES string of the molecule is COc1ccc(NC(=O)c2sc(-c3ccco3)nc2-c2ccccc2)cc1F. The second-order valence-corrected chi connectivity index (χ2v) is 6.84. The third-order valence-corrected chi connectivity index (χ3v) is 5.09. The topological polar surface area (TPSA) is 64.4 Å². The van der Waals surface area contributed by atoms with Crippen molar-refractivity contribution in [1.82, 2.24) is 4.98 Å². The van der Waals surface area contributed by atoms with Crippen molar-refractivity contribution in [2.45, 2.75) is 0 Å². The Hall–Kier alpha value is -3.45. The molecule has 28 heavy (non-hydrogen) atoms. The summed E-state index contributed by atoms with van der Waals surface area (Å²) in [6.07, 6.45) is 1.55. The van der Waals surface area contributed by atoms with Crippen molar-refractivity contribution in [3.8, 4) is 27.8 Å². The largest absolute Gasteiger partial charge is 0.494 e. The second kappa shape index (κ2) is 7.66. The van der Waals surface area contributed by atoms with Crippen LogP contribution in [0.25, 0.3) is 22.0 Å². The van der Waals surface area contributed by atoms with Gasteiger partial charge in [0.1, 0.15) is 4.88 Å². The van der Waals surface area contributed by atoms with Crippen LogP contribution in [0.3, 0.4) is 0 Å². The van der Waals surface area contributed by atoms with Gasteiger partial charge in [0, 0.05) is 17.3 Å². The van der Waals surface area contributed by atoms with Crippen LogP contribution in [0.5, 0.6) is 5.75 Å². The van der Waals surface area contributed by atoms with Gasteiger partial charge in [0.05, 0.1) is 19.1 Å². The van der Waals surface area contributed by atoms with Gasteiger partial charge in [0.25, 0.3) is 5.91 Å². The Labute approximate surface area is 164 Å². The number of halogens is 1. The zero-order valence-corrected chi connectivity index (χ0v) is 15.6. The molecule has 0 aliphatic heterocycles. The molecular formula is C21H15FN2O3S. The molecule has 4 aromatic rings. The first kappa shape index (κ1) is 17.9. The van der Waals surface area contributed by atoms with Crippen LogP contribution >= 0.6 is 11.3 Å². The van der Waals surface area contributed by atoms with E-state index in [0.717, 1.165) is 5.56 Å². The first-order valence-corrected chi connectivity index (χ1v) is 9.22. The summed E-state index contributed by atoms with van der Waals surface area (Å²) < 4.78 is 24.3. The highest BCUT2D eigenvalue weighted by molar-refractivity contribution is 7.17. The lowest BCUT2D eigenvalue weighted by Gasteiger charge is -2.07. The van der Waals surface area contributed by atoms with E-state index in [0.29, 0.717) is 27.0 Å². The average Bonchev–Trinajstić information content (AvgIpc) is 3.39. The Morgan fingerprint density at radius 2 is 1.96 bits per heavy atom. The third-order valence-electron chi connectivity index (χ3n) is 4.02. The Bertz CT molecular complexity index is 1110. The van der Waals surface area contributed by atoms with E-state index in [1.807, 2.05) is 30.3 Å². The highest BCUT2D eigenvalue weighted by Gasteiger charge is 2.21. The lowest BCUT2D eigenvalue weighted by molar-refractivity contribution is 0.103. The number of hydrogen-bond acceptors (Lipinski definition) is 5. The van der Waals surface area contributed by atoms with E-state index in [9.17, 15) is 9.18 Å². The van der Waals surface area contributed by atoms with Crippen LogP contribution in [0.15, 0.2) is 71.3 Å².